The quantitative estimate of drug-likeness (QED) is 0.893. The zero-order valence-corrected chi connectivity index (χ0v) is 11.8. The first-order valence-electron chi connectivity index (χ1n) is 5.56. The van der Waals surface area contributed by atoms with E-state index in [1.807, 2.05) is 13.2 Å². The summed E-state index contributed by atoms with van der Waals surface area (Å²) in [6, 6.07) is 1.44. The van der Waals surface area contributed by atoms with Gasteiger partial charge in [-0.1, -0.05) is 11.6 Å². The fourth-order valence-corrected chi connectivity index (χ4v) is 3.03. The lowest BCUT2D eigenvalue weighted by Crippen LogP contribution is -2.26. The summed E-state index contributed by atoms with van der Waals surface area (Å²) in [6.07, 6.45) is 6.77. The molecule has 0 spiro atoms. The maximum Gasteiger partial charge on any atom is 0.243 e. The Morgan fingerprint density at radius 1 is 1.42 bits per heavy atom. The SMILES string of the molecule is Cn1cc(CCNS(=O)(=O)c2cnccc2Cl)cn1. The highest BCUT2D eigenvalue weighted by atomic mass is 35.5. The Balaban J connectivity index is 2.01. The van der Waals surface area contributed by atoms with Crippen LogP contribution < -0.4 is 4.72 Å². The topological polar surface area (TPSA) is 76.9 Å². The van der Waals surface area contributed by atoms with E-state index in [1.54, 1.807) is 10.9 Å². The third-order valence-electron chi connectivity index (χ3n) is 2.49. The second kappa shape index (κ2) is 5.68. The highest BCUT2D eigenvalue weighted by Gasteiger charge is 2.17. The average molecular weight is 301 g/mol. The number of rotatable bonds is 5. The number of hydrogen-bond acceptors (Lipinski definition) is 4. The van der Waals surface area contributed by atoms with Crippen molar-refractivity contribution in [3.05, 3.63) is 41.4 Å². The molecule has 0 atom stereocenters. The maximum atomic E-state index is 12.0. The molecule has 0 unspecified atom stereocenters. The molecule has 0 bridgehead atoms. The molecule has 0 aliphatic heterocycles. The van der Waals surface area contributed by atoms with Crippen LogP contribution in [0, 0.1) is 0 Å². The molecule has 0 fully saturated rings. The van der Waals surface area contributed by atoms with Gasteiger partial charge in [-0.15, -0.1) is 0 Å². The summed E-state index contributed by atoms with van der Waals surface area (Å²) in [6.45, 7) is 0.277. The van der Waals surface area contributed by atoms with Crippen LogP contribution in [-0.4, -0.2) is 29.7 Å². The first-order valence-corrected chi connectivity index (χ1v) is 7.42. The van der Waals surface area contributed by atoms with Gasteiger partial charge >= 0.3 is 0 Å². The third-order valence-corrected chi connectivity index (χ3v) is 4.42. The minimum absolute atomic E-state index is 0.0112. The van der Waals surface area contributed by atoms with E-state index >= 15 is 0 Å². The van der Waals surface area contributed by atoms with Crippen molar-refractivity contribution in [2.75, 3.05) is 6.54 Å². The van der Waals surface area contributed by atoms with Gasteiger partial charge in [-0.25, -0.2) is 13.1 Å². The molecule has 1 N–H and O–H groups in total. The Morgan fingerprint density at radius 2 is 2.21 bits per heavy atom. The first kappa shape index (κ1) is 14.0. The molecule has 0 amide bonds. The summed E-state index contributed by atoms with van der Waals surface area (Å²) in [5.74, 6) is 0. The highest BCUT2D eigenvalue weighted by molar-refractivity contribution is 7.89. The molecule has 2 rings (SSSR count). The molecule has 0 aliphatic rings. The van der Waals surface area contributed by atoms with E-state index in [0.717, 1.165) is 5.56 Å². The van der Waals surface area contributed by atoms with Gasteiger partial charge in [0.15, 0.2) is 0 Å². The van der Waals surface area contributed by atoms with Gasteiger partial charge in [-0.05, 0) is 18.1 Å². The van der Waals surface area contributed by atoms with Crippen LogP contribution in [0.1, 0.15) is 5.56 Å². The second-order valence-corrected chi connectivity index (χ2v) is 6.12. The monoisotopic (exact) mass is 300 g/mol. The molecule has 0 aromatic carbocycles. The highest BCUT2D eigenvalue weighted by Crippen LogP contribution is 2.18. The standard InChI is InChI=1S/C11H13ClN4O2S/c1-16-8-9(6-14-16)2-5-15-19(17,18)11-7-13-4-3-10(11)12/h3-4,6-8,15H,2,5H2,1H3. The number of nitrogens with one attached hydrogen (secondary N) is 1. The van der Waals surface area contributed by atoms with Crippen molar-refractivity contribution in [1.29, 1.82) is 0 Å². The van der Waals surface area contributed by atoms with E-state index in [4.69, 9.17) is 11.6 Å². The van der Waals surface area contributed by atoms with Crippen molar-refractivity contribution >= 4 is 21.6 Å². The Hall–Kier alpha value is -1.44. The first-order chi connectivity index (χ1) is 8.99. The zero-order chi connectivity index (χ0) is 13.9. The number of hydrogen-bond donors (Lipinski definition) is 1. The third kappa shape index (κ3) is 3.52. The molecule has 2 aromatic rings. The summed E-state index contributed by atoms with van der Waals surface area (Å²) in [4.78, 5) is 3.75. The molecule has 0 saturated heterocycles. The number of halogens is 1. The predicted molar refractivity (Wildman–Crippen MR) is 71.3 cm³/mol. The minimum atomic E-state index is -3.63. The normalized spacial score (nSPS) is 11.7. The van der Waals surface area contributed by atoms with Crippen LogP contribution in [0.25, 0.3) is 0 Å². The van der Waals surface area contributed by atoms with Gasteiger partial charge in [-0.2, -0.15) is 5.10 Å². The van der Waals surface area contributed by atoms with E-state index in [0.29, 0.717) is 6.42 Å². The zero-order valence-electron chi connectivity index (χ0n) is 10.2. The number of sulfonamides is 1. The van der Waals surface area contributed by atoms with Gasteiger partial charge in [-0.3, -0.25) is 9.67 Å². The number of pyridine rings is 1. The molecule has 2 aromatic heterocycles. The summed E-state index contributed by atoms with van der Waals surface area (Å²) in [7, 11) is -1.82. The van der Waals surface area contributed by atoms with Gasteiger partial charge in [0.05, 0.1) is 11.2 Å². The molecule has 6 nitrogen and oxygen atoms in total. The van der Waals surface area contributed by atoms with Crippen molar-refractivity contribution in [3.8, 4) is 0 Å². The molecule has 0 saturated carbocycles. The van der Waals surface area contributed by atoms with Crippen LogP contribution in [0.5, 0.6) is 0 Å². The maximum absolute atomic E-state index is 12.0. The fraction of sp³-hybridized carbons (Fsp3) is 0.273. The lowest BCUT2D eigenvalue weighted by Gasteiger charge is -2.06. The summed E-state index contributed by atoms with van der Waals surface area (Å²) in [5, 5.41) is 4.17. The van der Waals surface area contributed by atoms with Crippen LogP contribution >= 0.6 is 11.6 Å². The fourth-order valence-electron chi connectivity index (χ4n) is 1.57. The summed E-state index contributed by atoms with van der Waals surface area (Å²) < 4.78 is 28.1. The average Bonchev–Trinajstić information content (AvgIpc) is 2.75. The molecular formula is C11H13ClN4O2S. The van der Waals surface area contributed by atoms with Crippen LogP contribution in [0.15, 0.2) is 35.7 Å². The van der Waals surface area contributed by atoms with Crippen LogP contribution in [-0.2, 0) is 23.5 Å². The number of aromatic nitrogens is 3. The molecule has 2 heterocycles. The largest absolute Gasteiger partial charge is 0.276 e. The predicted octanol–water partition coefficient (Wildman–Crippen LogP) is 0.989. The van der Waals surface area contributed by atoms with Crippen molar-refractivity contribution in [1.82, 2.24) is 19.5 Å². The van der Waals surface area contributed by atoms with Crippen molar-refractivity contribution in [3.63, 3.8) is 0 Å². The lowest BCUT2D eigenvalue weighted by molar-refractivity contribution is 0.581. The van der Waals surface area contributed by atoms with Crippen molar-refractivity contribution < 1.29 is 8.42 Å². The molecule has 0 radical (unpaired) electrons. The van der Waals surface area contributed by atoms with Crippen LogP contribution in [0.4, 0.5) is 0 Å². The smallest absolute Gasteiger partial charge is 0.243 e. The van der Waals surface area contributed by atoms with E-state index < -0.39 is 10.0 Å². The Bertz CT molecular complexity index is 669. The molecule has 102 valence electrons. The second-order valence-electron chi connectivity index (χ2n) is 3.98. The van der Waals surface area contributed by atoms with E-state index in [-0.39, 0.29) is 16.5 Å². The Labute approximate surface area is 116 Å². The van der Waals surface area contributed by atoms with Gasteiger partial charge < -0.3 is 0 Å². The van der Waals surface area contributed by atoms with E-state index in [2.05, 4.69) is 14.8 Å². The van der Waals surface area contributed by atoms with Gasteiger partial charge in [0.25, 0.3) is 0 Å². The molecule has 0 aliphatic carbocycles. The van der Waals surface area contributed by atoms with Crippen LogP contribution in [0.2, 0.25) is 5.02 Å². The van der Waals surface area contributed by atoms with Crippen molar-refractivity contribution in [2.45, 2.75) is 11.3 Å². The molecule has 8 heteroatoms. The summed E-state index contributed by atoms with van der Waals surface area (Å²) in [5.41, 5.74) is 0.961. The number of aryl methyl sites for hydroxylation is 1. The Morgan fingerprint density at radius 3 is 2.84 bits per heavy atom. The Kier molecular flexibility index (Phi) is 4.18. The van der Waals surface area contributed by atoms with Gasteiger partial charge in [0, 0.05) is 32.2 Å². The lowest BCUT2D eigenvalue weighted by atomic mass is 10.3. The van der Waals surface area contributed by atoms with Gasteiger partial charge in [0.2, 0.25) is 10.0 Å². The summed E-state index contributed by atoms with van der Waals surface area (Å²) >= 11 is 5.84. The van der Waals surface area contributed by atoms with Crippen molar-refractivity contribution in [2.24, 2.45) is 7.05 Å². The molecule has 19 heavy (non-hydrogen) atoms. The van der Waals surface area contributed by atoms with Gasteiger partial charge in [0.1, 0.15) is 4.90 Å². The minimum Gasteiger partial charge on any atom is -0.276 e. The van der Waals surface area contributed by atoms with E-state index in [9.17, 15) is 8.42 Å². The molecular weight excluding hydrogens is 288 g/mol. The van der Waals surface area contributed by atoms with E-state index in [1.165, 1.54) is 18.5 Å². The van der Waals surface area contributed by atoms with Crippen LogP contribution in [0.3, 0.4) is 0 Å². The number of nitrogens with zero attached hydrogens (tertiary/aromatic N) is 3.